The van der Waals surface area contributed by atoms with Crippen molar-refractivity contribution < 1.29 is 4.79 Å². The smallest absolute Gasteiger partial charge is 0.269 e. The molecule has 0 saturated heterocycles. The number of H-pyrrole nitrogens is 1. The first-order chi connectivity index (χ1) is 8.79. The maximum Gasteiger partial charge on any atom is 0.269 e. The molecule has 2 rings (SSSR count). The second-order valence-corrected chi connectivity index (χ2v) is 3.74. The predicted octanol–water partition coefficient (Wildman–Crippen LogP) is 1.25. The average molecular weight is 240 g/mol. The molecule has 18 heavy (non-hydrogen) atoms. The summed E-state index contributed by atoms with van der Waals surface area (Å²) < 4.78 is 0. The Hall–Kier alpha value is -2.61. The summed E-state index contributed by atoms with van der Waals surface area (Å²) in [6, 6.07) is 8.89. The Morgan fingerprint density at radius 2 is 2.39 bits per heavy atom. The molecule has 0 aliphatic carbocycles. The Morgan fingerprint density at radius 3 is 3.11 bits per heavy atom. The van der Waals surface area contributed by atoms with Crippen LogP contribution in [0.4, 0.5) is 0 Å². The van der Waals surface area contributed by atoms with Crippen molar-refractivity contribution in [3.05, 3.63) is 53.6 Å². The molecule has 90 valence electrons. The van der Waals surface area contributed by atoms with Gasteiger partial charge >= 0.3 is 0 Å². The number of rotatable bonds is 4. The van der Waals surface area contributed by atoms with Gasteiger partial charge in [0.05, 0.1) is 11.6 Å². The molecular formula is C13H12N4O. The molecule has 0 aromatic carbocycles. The Balaban J connectivity index is 1.89. The van der Waals surface area contributed by atoms with Gasteiger partial charge in [-0.3, -0.25) is 9.78 Å². The zero-order valence-corrected chi connectivity index (χ0v) is 9.68. The Morgan fingerprint density at radius 1 is 1.50 bits per heavy atom. The highest BCUT2D eigenvalue weighted by Gasteiger charge is 2.07. The lowest BCUT2D eigenvalue weighted by molar-refractivity contribution is 0.0949. The van der Waals surface area contributed by atoms with Crippen molar-refractivity contribution in [2.24, 2.45) is 0 Å². The van der Waals surface area contributed by atoms with E-state index in [1.807, 2.05) is 24.4 Å². The number of nitriles is 1. The van der Waals surface area contributed by atoms with Gasteiger partial charge in [-0.15, -0.1) is 0 Å². The van der Waals surface area contributed by atoms with Gasteiger partial charge in [-0.05, 0) is 24.3 Å². The number of amides is 1. The predicted molar refractivity (Wildman–Crippen MR) is 65.8 cm³/mol. The Kier molecular flexibility index (Phi) is 3.72. The van der Waals surface area contributed by atoms with Crippen LogP contribution < -0.4 is 5.32 Å². The van der Waals surface area contributed by atoms with Crippen molar-refractivity contribution in [2.75, 3.05) is 6.54 Å². The highest BCUT2D eigenvalue weighted by atomic mass is 16.1. The molecule has 0 atom stereocenters. The topological polar surface area (TPSA) is 81.6 Å². The normalized spacial score (nSPS) is 9.72. The second kappa shape index (κ2) is 5.64. The molecule has 2 aromatic heterocycles. The molecule has 2 N–H and O–H groups in total. The summed E-state index contributed by atoms with van der Waals surface area (Å²) in [5.74, 6) is -0.265. The van der Waals surface area contributed by atoms with Gasteiger partial charge in [0.25, 0.3) is 5.91 Å². The van der Waals surface area contributed by atoms with Crippen molar-refractivity contribution in [1.29, 1.82) is 5.26 Å². The zero-order valence-electron chi connectivity index (χ0n) is 9.68. The van der Waals surface area contributed by atoms with Gasteiger partial charge < -0.3 is 10.3 Å². The summed E-state index contributed by atoms with van der Waals surface area (Å²) in [5, 5.41) is 11.5. The molecule has 1 amide bonds. The third-order valence-electron chi connectivity index (χ3n) is 2.46. The summed E-state index contributed by atoms with van der Waals surface area (Å²) in [6.45, 7) is 0.526. The highest BCUT2D eigenvalue weighted by molar-refractivity contribution is 5.92. The van der Waals surface area contributed by atoms with Crippen LogP contribution in [0.3, 0.4) is 0 Å². The molecular weight excluding hydrogens is 228 g/mol. The van der Waals surface area contributed by atoms with Crippen LogP contribution in [0, 0.1) is 11.3 Å². The van der Waals surface area contributed by atoms with Gasteiger partial charge in [0.1, 0.15) is 5.69 Å². The summed E-state index contributed by atoms with van der Waals surface area (Å²) in [5.41, 5.74) is 1.76. The number of pyridine rings is 1. The van der Waals surface area contributed by atoms with Crippen LogP contribution in [-0.2, 0) is 6.42 Å². The SMILES string of the molecule is N#Cc1ccnc(C(=O)NCCc2ccc[nH]2)c1. The van der Waals surface area contributed by atoms with Gasteiger partial charge in [-0.2, -0.15) is 5.26 Å². The number of nitrogens with one attached hydrogen (secondary N) is 2. The molecule has 2 heterocycles. The number of carbonyl (C=O) groups excluding carboxylic acids is 1. The van der Waals surface area contributed by atoms with Gasteiger partial charge in [-0.25, -0.2) is 0 Å². The lowest BCUT2D eigenvalue weighted by Crippen LogP contribution is -2.26. The van der Waals surface area contributed by atoms with E-state index in [0.717, 1.165) is 12.1 Å². The minimum Gasteiger partial charge on any atom is -0.365 e. The molecule has 2 aromatic rings. The summed E-state index contributed by atoms with van der Waals surface area (Å²) in [7, 11) is 0. The van der Waals surface area contributed by atoms with E-state index in [9.17, 15) is 4.79 Å². The van der Waals surface area contributed by atoms with E-state index < -0.39 is 0 Å². The first kappa shape index (κ1) is 11.9. The average Bonchev–Trinajstić information content (AvgIpc) is 2.92. The lowest BCUT2D eigenvalue weighted by atomic mass is 10.2. The fourth-order valence-corrected chi connectivity index (χ4v) is 1.55. The van der Waals surface area contributed by atoms with Gasteiger partial charge in [0.2, 0.25) is 0 Å². The monoisotopic (exact) mass is 240 g/mol. The third kappa shape index (κ3) is 2.95. The minimum absolute atomic E-state index is 0.264. The molecule has 0 spiro atoms. The Bertz CT molecular complexity index is 569. The van der Waals surface area contributed by atoms with Crippen LogP contribution in [0.25, 0.3) is 0 Å². The lowest BCUT2D eigenvalue weighted by Gasteiger charge is -2.03. The number of aromatic nitrogens is 2. The third-order valence-corrected chi connectivity index (χ3v) is 2.46. The van der Waals surface area contributed by atoms with Crippen LogP contribution in [-0.4, -0.2) is 22.4 Å². The number of aromatic amines is 1. The molecule has 0 radical (unpaired) electrons. The van der Waals surface area contributed by atoms with Crippen molar-refractivity contribution in [2.45, 2.75) is 6.42 Å². The van der Waals surface area contributed by atoms with E-state index in [-0.39, 0.29) is 11.6 Å². The van der Waals surface area contributed by atoms with E-state index in [1.54, 1.807) is 6.07 Å². The highest BCUT2D eigenvalue weighted by Crippen LogP contribution is 2.00. The number of hydrogen-bond donors (Lipinski definition) is 2. The molecule has 0 saturated carbocycles. The van der Waals surface area contributed by atoms with Crippen LogP contribution in [0.1, 0.15) is 21.7 Å². The molecule has 5 heteroatoms. The van der Waals surface area contributed by atoms with E-state index in [2.05, 4.69) is 15.3 Å². The summed E-state index contributed by atoms with van der Waals surface area (Å²) in [4.78, 5) is 18.7. The van der Waals surface area contributed by atoms with Crippen LogP contribution >= 0.6 is 0 Å². The fraction of sp³-hybridized carbons (Fsp3) is 0.154. The van der Waals surface area contributed by atoms with Gasteiger partial charge in [-0.1, -0.05) is 0 Å². The first-order valence-electron chi connectivity index (χ1n) is 5.56. The van der Waals surface area contributed by atoms with E-state index in [4.69, 9.17) is 5.26 Å². The largest absolute Gasteiger partial charge is 0.365 e. The standard InChI is InChI=1S/C13H12N4O/c14-9-10-3-6-16-12(8-10)13(18)17-7-4-11-2-1-5-15-11/h1-3,5-6,8,15H,4,7H2,(H,17,18). The van der Waals surface area contributed by atoms with E-state index in [0.29, 0.717) is 12.1 Å². The molecule has 0 bridgehead atoms. The first-order valence-corrected chi connectivity index (χ1v) is 5.56. The second-order valence-electron chi connectivity index (χ2n) is 3.74. The maximum absolute atomic E-state index is 11.7. The van der Waals surface area contributed by atoms with E-state index in [1.165, 1.54) is 12.3 Å². The van der Waals surface area contributed by atoms with Crippen molar-refractivity contribution in [3.63, 3.8) is 0 Å². The van der Waals surface area contributed by atoms with Crippen molar-refractivity contribution >= 4 is 5.91 Å². The van der Waals surface area contributed by atoms with E-state index >= 15 is 0 Å². The zero-order chi connectivity index (χ0) is 12.8. The summed E-state index contributed by atoms with van der Waals surface area (Å²) >= 11 is 0. The Labute approximate surface area is 104 Å². The molecule has 0 unspecified atom stereocenters. The molecule has 0 aliphatic heterocycles. The molecule has 0 fully saturated rings. The van der Waals surface area contributed by atoms with Crippen molar-refractivity contribution in [3.8, 4) is 6.07 Å². The minimum atomic E-state index is -0.265. The van der Waals surface area contributed by atoms with Crippen LogP contribution in [0.15, 0.2) is 36.7 Å². The van der Waals surface area contributed by atoms with Gasteiger partial charge in [0.15, 0.2) is 0 Å². The van der Waals surface area contributed by atoms with Gasteiger partial charge in [0, 0.05) is 31.1 Å². The number of carbonyl (C=O) groups is 1. The fourth-order valence-electron chi connectivity index (χ4n) is 1.55. The van der Waals surface area contributed by atoms with Crippen molar-refractivity contribution in [1.82, 2.24) is 15.3 Å². The molecule has 5 nitrogen and oxygen atoms in total. The molecule has 0 aliphatic rings. The quantitative estimate of drug-likeness (QED) is 0.843. The maximum atomic E-state index is 11.7. The number of hydrogen-bond acceptors (Lipinski definition) is 3. The van der Waals surface area contributed by atoms with Crippen LogP contribution in [0.2, 0.25) is 0 Å². The number of nitrogens with zero attached hydrogens (tertiary/aromatic N) is 2. The van der Waals surface area contributed by atoms with Crippen LogP contribution in [0.5, 0.6) is 0 Å². The summed E-state index contributed by atoms with van der Waals surface area (Å²) in [6.07, 6.45) is 4.03.